The first-order valence-electron chi connectivity index (χ1n) is 0.289. The molecule has 0 aliphatic heterocycles. The van der Waals surface area contributed by atoms with Gasteiger partial charge in [-0.2, -0.15) is 0 Å². The number of carbonyl (C=O) groups excluding carboxylic acids is 1. The van der Waals surface area contributed by atoms with Crippen LogP contribution in [0.25, 0.3) is 0 Å². The Balaban J connectivity index is -0.00000000500. The van der Waals surface area contributed by atoms with Crippen molar-refractivity contribution in [1.29, 1.82) is 0 Å². The minimum absolute atomic E-state index is 0. The fourth-order valence-electron chi connectivity index (χ4n) is 0. The third-order valence-electron chi connectivity index (χ3n) is 0. The van der Waals surface area contributed by atoms with E-state index in [4.69, 9.17) is 4.79 Å². The molecule has 0 aromatic carbocycles. The molecule has 1 radical (unpaired) electrons. The van der Waals surface area contributed by atoms with Crippen LogP contribution in [0.1, 0.15) is 0 Å². The maximum atomic E-state index is 8.00. The van der Waals surface area contributed by atoms with Crippen LogP contribution in [0.15, 0.2) is 0 Å². The van der Waals surface area contributed by atoms with E-state index in [1.165, 1.54) is 0 Å². The second kappa shape index (κ2) is 45.7. The second-order valence-electron chi connectivity index (χ2n) is 0. The van der Waals surface area contributed by atoms with Gasteiger partial charge in [-0.05, 0) is 0 Å². The van der Waals surface area contributed by atoms with Crippen molar-refractivity contribution in [3.05, 3.63) is 0 Å². The van der Waals surface area contributed by atoms with Crippen LogP contribution in [0.4, 0.5) is 0 Å². The Morgan fingerprint density at radius 3 is 1.25 bits per heavy atom. The van der Waals surface area contributed by atoms with E-state index >= 15 is 0 Å². The fourth-order valence-corrected chi connectivity index (χ4v) is 0. The zero-order chi connectivity index (χ0) is 2.00. The molecule has 0 aliphatic carbocycles. The molecule has 0 rings (SSSR count). The molecule has 3 heteroatoms. The summed E-state index contributed by atoms with van der Waals surface area (Å²) in [6.45, 7) is 2.00. The Labute approximate surface area is 48.4 Å². The average Bonchev–Trinajstić information content (AvgIpc) is 1.00. The Morgan fingerprint density at radius 2 is 1.25 bits per heavy atom. The van der Waals surface area contributed by atoms with Gasteiger partial charge < -0.3 is 4.79 Å². The summed E-state index contributed by atoms with van der Waals surface area (Å²) in [7, 11) is 0. The van der Waals surface area contributed by atoms with Crippen molar-refractivity contribution < 1.29 is 41.3 Å². The molecule has 0 aromatic heterocycles. The summed E-state index contributed by atoms with van der Waals surface area (Å²) in [5, 5.41) is 0. The number of rotatable bonds is 0. The van der Waals surface area contributed by atoms with Gasteiger partial charge in [0.2, 0.25) is 0 Å². The minimum atomic E-state index is 0. The molecule has 4 heavy (non-hydrogen) atoms. The molecule has 31 valence electrons. The van der Waals surface area contributed by atoms with Gasteiger partial charge in [0.25, 0.3) is 0 Å². The average molecular weight is 195 g/mol. The molecular weight excluding hydrogens is 193 g/mol. The molecule has 0 aliphatic rings. The third-order valence-corrected chi connectivity index (χ3v) is 0. The van der Waals surface area contributed by atoms with Gasteiger partial charge in [-0.25, -0.2) is 0 Å². The molecule has 0 spiro atoms. The predicted molar refractivity (Wildman–Crippen MR) is 7.12 cm³/mol. The molecular formula is CH2CuORu. The smallest absolute Gasteiger partial charge is 0.106 e. The monoisotopic (exact) mass is 195 g/mol. The first kappa shape index (κ1) is 21.3. The predicted octanol–water partition coefficient (Wildman–Crippen LogP) is -0.190. The van der Waals surface area contributed by atoms with Gasteiger partial charge in [0.05, 0.1) is 0 Å². The molecule has 0 N–H and O–H groups in total. The summed E-state index contributed by atoms with van der Waals surface area (Å²) in [6, 6.07) is 0. The van der Waals surface area contributed by atoms with E-state index in [9.17, 15) is 0 Å². The van der Waals surface area contributed by atoms with Crippen LogP contribution in [-0.2, 0) is 41.3 Å². The van der Waals surface area contributed by atoms with Gasteiger partial charge in [0.1, 0.15) is 6.79 Å². The Hall–Kier alpha value is 0.813. The van der Waals surface area contributed by atoms with Crippen molar-refractivity contribution in [1.82, 2.24) is 0 Å². The molecule has 0 bridgehead atoms. The molecule has 0 heterocycles. The van der Waals surface area contributed by atoms with Gasteiger partial charge in [-0.3, -0.25) is 0 Å². The van der Waals surface area contributed by atoms with E-state index in [1.807, 2.05) is 6.79 Å². The van der Waals surface area contributed by atoms with Crippen LogP contribution in [0.3, 0.4) is 0 Å². The first-order chi connectivity index (χ1) is 1.00. The standard InChI is InChI=1S/CH2O.Cu.Ru/c1-2;;/h1H2;;. The summed E-state index contributed by atoms with van der Waals surface area (Å²) in [6.07, 6.45) is 0. The Bertz CT molecular complexity index is 8.00. The third kappa shape index (κ3) is 14.0. The SMILES string of the molecule is C=O.[Cu].[Ru]. The normalized spacial score (nSPS) is 1.00. The van der Waals surface area contributed by atoms with Crippen LogP contribution >= 0.6 is 0 Å². The summed E-state index contributed by atoms with van der Waals surface area (Å²) in [5.41, 5.74) is 0. The van der Waals surface area contributed by atoms with E-state index < -0.39 is 0 Å². The Kier molecular flexibility index (Phi) is 243. The molecule has 0 amide bonds. The Morgan fingerprint density at radius 1 is 1.25 bits per heavy atom. The molecule has 0 atom stereocenters. The first-order valence-corrected chi connectivity index (χ1v) is 0.289. The van der Waals surface area contributed by atoms with Crippen LogP contribution in [0.5, 0.6) is 0 Å². The molecule has 0 unspecified atom stereocenters. The van der Waals surface area contributed by atoms with Crippen LogP contribution in [-0.4, -0.2) is 6.79 Å². The van der Waals surface area contributed by atoms with Crippen molar-refractivity contribution in [3.63, 3.8) is 0 Å². The van der Waals surface area contributed by atoms with Gasteiger partial charge in [0.15, 0.2) is 0 Å². The summed E-state index contributed by atoms with van der Waals surface area (Å²) >= 11 is 0. The van der Waals surface area contributed by atoms with Crippen molar-refractivity contribution in [3.8, 4) is 0 Å². The number of hydrogen-bond acceptors (Lipinski definition) is 1. The summed E-state index contributed by atoms with van der Waals surface area (Å²) < 4.78 is 0. The molecule has 0 fully saturated rings. The van der Waals surface area contributed by atoms with Crippen molar-refractivity contribution in [2.24, 2.45) is 0 Å². The zero-order valence-electron chi connectivity index (χ0n) is 1.77. The van der Waals surface area contributed by atoms with Gasteiger partial charge in [-0.15, -0.1) is 0 Å². The number of carbonyl (C=O) groups is 1. The number of hydrogen-bond donors (Lipinski definition) is 0. The van der Waals surface area contributed by atoms with E-state index in [1.54, 1.807) is 0 Å². The summed E-state index contributed by atoms with van der Waals surface area (Å²) in [4.78, 5) is 8.00. The molecule has 0 saturated carbocycles. The van der Waals surface area contributed by atoms with E-state index in [0.717, 1.165) is 0 Å². The van der Waals surface area contributed by atoms with Crippen molar-refractivity contribution in [2.75, 3.05) is 0 Å². The topological polar surface area (TPSA) is 17.1 Å². The van der Waals surface area contributed by atoms with Gasteiger partial charge in [0, 0.05) is 36.5 Å². The van der Waals surface area contributed by atoms with E-state index in [2.05, 4.69) is 0 Å². The molecule has 1 nitrogen and oxygen atoms in total. The van der Waals surface area contributed by atoms with Gasteiger partial charge >= 0.3 is 0 Å². The molecule has 0 aromatic rings. The van der Waals surface area contributed by atoms with Crippen LogP contribution in [0, 0.1) is 0 Å². The minimum Gasteiger partial charge on any atom is -0.307 e. The van der Waals surface area contributed by atoms with Gasteiger partial charge in [-0.1, -0.05) is 0 Å². The zero-order valence-corrected chi connectivity index (χ0v) is 4.45. The van der Waals surface area contributed by atoms with Crippen molar-refractivity contribution in [2.45, 2.75) is 0 Å². The largest absolute Gasteiger partial charge is 0.307 e. The maximum absolute atomic E-state index is 8.00. The second-order valence-corrected chi connectivity index (χ2v) is 0. The molecule has 0 saturated heterocycles. The van der Waals surface area contributed by atoms with Crippen LogP contribution < -0.4 is 0 Å². The van der Waals surface area contributed by atoms with E-state index in [-0.39, 0.29) is 36.5 Å². The van der Waals surface area contributed by atoms with E-state index in [0.29, 0.717) is 0 Å². The fraction of sp³-hybridized carbons (Fsp3) is 0. The van der Waals surface area contributed by atoms with Crippen molar-refractivity contribution >= 4 is 6.79 Å². The maximum Gasteiger partial charge on any atom is 0.106 e. The summed E-state index contributed by atoms with van der Waals surface area (Å²) in [5.74, 6) is 0. The van der Waals surface area contributed by atoms with Crippen LogP contribution in [0.2, 0.25) is 0 Å². The quantitative estimate of drug-likeness (QED) is 0.489.